The van der Waals surface area contributed by atoms with Crippen LogP contribution in [-0.4, -0.2) is 50.3 Å². The Morgan fingerprint density at radius 2 is 1.80 bits per heavy atom. The van der Waals surface area contributed by atoms with Crippen molar-refractivity contribution in [2.45, 2.75) is 18.1 Å². The van der Waals surface area contributed by atoms with Gasteiger partial charge in [0, 0.05) is 27.2 Å². The fraction of sp³-hybridized carbons (Fsp3) is 0.667. The van der Waals surface area contributed by atoms with Crippen molar-refractivity contribution in [3.05, 3.63) is 11.9 Å². The fourth-order valence-electron chi connectivity index (χ4n) is 1.32. The fourth-order valence-corrected chi connectivity index (χ4v) is 2.98. The van der Waals surface area contributed by atoms with Crippen LogP contribution in [0.2, 0.25) is 0 Å². The van der Waals surface area contributed by atoms with E-state index >= 15 is 0 Å². The molecule has 0 aromatic heterocycles. The molecule has 0 N–H and O–H groups in total. The molecule has 6 heteroatoms. The average Bonchev–Trinajstić information content (AvgIpc) is 2.95. The summed E-state index contributed by atoms with van der Waals surface area (Å²) in [7, 11) is 1.61. The van der Waals surface area contributed by atoms with E-state index in [4.69, 9.17) is 0 Å². The summed E-state index contributed by atoms with van der Waals surface area (Å²) in [6, 6.07) is 0. The van der Waals surface area contributed by atoms with E-state index in [-0.39, 0.29) is 5.25 Å². The van der Waals surface area contributed by atoms with E-state index in [0.717, 1.165) is 0 Å². The van der Waals surface area contributed by atoms with Crippen molar-refractivity contribution in [3.63, 3.8) is 0 Å². The Hall–Kier alpha value is -1.04. The lowest BCUT2D eigenvalue weighted by atomic mass is 10.5. The molecule has 1 aliphatic rings. The van der Waals surface area contributed by atoms with Gasteiger partial charge < -0.3 is 4.90 Å². The van der Waals surface area contributed by atoms with E-state index in [2.05, 4.69) is 0 Å². The van der Waals surface area contributed by atoms with Gasteiger partial charge in [-0.05, 0) is 12.8 Å². The van der Waals surface area contributed by atoms with E-state index in [9.17, 15) is 13.2 Å². The number of allylic oxidation sites excluding steroid dienone is 1. The van der Waals surface area contributed by atoms with Crippen molar-refractivity contribution in [2.24, 2.45) is 0 Å². The second-order valence-electron chi connectivity index (χ2n) is 3.77. The van der Waals surface area contributed by atoms with Gasteiger partial charge in [0.1, 0.15) is 12.1 Å². The molecule has 1 aliphatic carbocycles. The van der Waals surface area contributed by atoms with Crippen LogP contribution in [0.5, 0.6) is 0 Å². The van der Waals surface area contributed by atoms with Crippen LogP contribution in [0, 0.1) is 0 Å². The van der Waals surface area contributed by atoms with Gasteiger partial charge in [-0.25, -0.2) is 8.42 Å². The highest BCUT2D eigenvalue weighted by molar-refractivity contribution is 7.90. The smallest absolute Gasteiger partial charge is 0.238 e. The molecule has 0 atom stereocenters. The van der Waals surface area contributed by atoms with Crippen molar-refractivity contribution < 1.29 is 13.2 Å². The van der Waals surface area contributed by atoms with Gasteiger partial charge in [0.25, 0.3) is 0 Å². The van der Waals surface area contributed by atoms with E-state index in [1.807, 2.05) is 0 Å². The molecule has 1 fully saturated rings. The largest absolute Gasteiger partial charge is 0.364 e. The van der Waals surface area contributed by atoms with Crippen LogP contribution >= 0.6 is 0 Å². The molecular weight excluding hydrogens is 216 g/mol. The standard InChI is InChI=1S/C9H16N2O3S/c1-10(2)9(6-7-12)11(3)15(13,14)8-4-5-8/h6-8H,4-5H2,1-3H3. The van der Waals surface area contributed by atoms with Crippen LogP contribution in [0.3, 0.4) is 0 Å². The Kier molecular flexibility index (Phi) is 3.38. The number of nitrogens with zero attached hydrogens (tertiary/aromatic N) is 2. The van der Waals surface area contributed by atoms with Gasteiger partial charge >= 0.3 is 0 Å². The average molecular weight is 232 g/mol. The Bertz CT molecular complexity index is 369. The van der Waals surface area contributed by atoms with Gasteiger partial charge in [0.2, 0.25) is 10.0 Å². The summed E-state index contributed by atoms with van der Waals surface area (Å²) in [5.41, 5.74) is 0. The van der Waals surface area contributed by atoms with E-state index < -0.39 is 10.0 Å². The Morgan fingerprint density at radius 1 is 1.27 bits per heavy atom. The monoisotopic (exact) mass is 232 g/mol. The van der Waals surface area contributed by atoms with E-state index in [0.29, 0.717) is 24.9 Å². The summed E-state index contributed by atoms with van der Waals surface area (Å²) in [6.07, 6.45) is 3.27. The molecule has 1 rings (SSSR count). The van der Waals surface area contributed by atoms with Crippen molar-refractivity contribution >= 4 is 16.3 Å². The maximum absolute atomic E-state index is 11.9. The molecule has 0 saturated heterocycles. The Labute approximate surface area is 90.4 Å². The molecule has 0 aromatic carbocycles. The Balaban J connectivity index is 2.94. The molecule has 0 aromatic rings. The zero-order valence-corrected chi connectivity index (χ0v) is 9.99. The molecule has 0 heterocycles. The van der Waals surface area contributed by atoms with Gasteiger partial charge in [0.15, 0.2) is 0 Å². The first-order valence-corrected chi connectivity index (χ1v) is 6.22. The summed E-state index contributed by atoms with van der Waals surface area (Å²) in [6.45, 7) is 0. The maximum Gasteiger partial charge on any atom is 0.238 e. The number of sulfonamides is 1. The van der Waals surface area contributed by atoms with Crippen LogP contribution in [0.4, 0.5) is 0 Å². The molecule has 5 nitrogen and oxygen atoms in total. The summed E-state index contributed by atoms with van der Waals surface area (Å²) >= 11 is 0. The highest BCUT2D eigenvalue weighted by Crippen LogP contribution is 2.31. The minimum atomic E-state index is -3.27. The van der Waals surface area contributed by atoms with Gasteiger partial charge in [-0.15, -0.1) is 0 Å². The normalized spacial score (nSPS) is 17.4. The third-order valence-electron chi connectivity index (χ3n) is 2.33. The molecular formula is C9H16N2O3S. The van der Waals surface area contributed by atoms with Crippen molar-refractivity contribution in [1.29, 1.82) is 0 Å². The molecule has 0 amide bonds. The zero-order chi connectivity index (χ0) is 11.6. The topological polar surface area (TPSA) is 57.7 Å². The first-order chi connectivity index (χ1) is 6.91. The lowest BCUT2D eigenvalue weighted by Crippen LogP contribution is -2.35. The predicted octanol–water partition coefficient (Wildman–Crippen LogP) is 0.0123. The zero-order valence-electron chi connectivity index (χ0n) is 9.17. The molecule has 1 saturated carbocycles. The molecule has 0 bridgehead atoms. The van der Waals surface area contributed by atoms with Gasteiger partial charge in [-0.3, -0.25) is 9.10 Å². The van der Waals surface area contributed by atoms with E-state index in [1.165, 1.54) is 17.4 Å². The molecule has 0 radical (unpaired) electrons. The number of carbonyl (C=O) groups is 1. The van der Waals surface area contributed by atoms with Crippen molar-refractivity contribution in [2.75, 3.05) is 21.1 Å². The van der Waals surface area contributed by atoms with Crippen LogP contribution in [0.25, 0.3) is 0 Å². The third kappa shape index (κ3) is 2.50. The first-order valence-electron chi connectivity index (χ1n) is 4.71. The summed E-state index contributed by atoms with van der Waals surface area (Å²) in [5.74, 6) is 0.386. The number of carbonyl (C=O) groups excluding carboxylic acids is 1. The minimum absolute atomic E-state index is 0.266. The highest BCUT2D eigenvalue weighted by atomic mass is 32.2. The van der Waals surface area contributed by atoms with Crippen LogP contribution < -0.4 is 0 Å². The SMILES string of the molecule is CN(C)C(=CC=O)N(C)S(=O)(=O)C1CC1. The van der Waals surface area contributed by atoms with Crippen molar-refractivity contribution in [3.8, 4) is 0 Å². The quantitative estimate of drug-likeness (QED) is 0.495. The lowest BCUT2D eigenvalue weighted by molar-refractivity contribution is -0.104. The van der Waals surface area contributed by atoms with Gasteiger partial charge in [0.05, 0.1) is 5.25 Å². The molecule has 0 unspecified atom stereocenters. The highest BCUT2D eigenvalue weighted by Gasteiger charge is 2.39. The molecule has 86 valence electrons. The molecule has 15 heavy (non-hydrogen) atoms. The van der Waals surface area contributed by atoms with Gasteiger partial charge in [-0.1, -0.05) is 0 Å². The minimum Gasteiger partial charge on any atom is -0.364 e. The lowest BCUT2D eigenvalue weighted by Gasteiger charge is -2.27. The van der Waals surface area contributed by atoms with Crippen molar-refractivity contribution in [1.82, 2.24) is 9.21 Å². The summed E-state index contributed by atoms with van der Waals surface area (Å²) in [5, 5.41) is -0.266. The van der Waals surface area contributed by atoms with Crippen LogP contribution in [0.1, 0.15) is 12.8 Å². The maximum atomic E-state index is 11.9. The second-order valence-corrected chi connectivity index (χ2v) is 6.01. The number of hydrogen-bond acceptors (Lipinski definition) is 4. The molecule has 0 spiro atoms. The van der Waals surface area contributed by atoms with E-state index in [1.54, 1.807) is 19.0 Å². The summed E-state index contributed by atoms with van der Waals surface area (Å²) in [4.78, 5) is 12.0. The second kappa shape index (κ2) is 4.22. The number of hydrogen-bond donors (Lipinski definition) is 0. The summed E-state index contributed by atoms with van der Waals surface area (Å²) < 4.78 is 24.9. The number of rotatable bonds is 5. The first kappa shape index (κ1) is 12.0. The third-order valence-corrected chi connectivity index (χ3v) is 4.59. The Morgan fingerprint density at radius 3 is 2.13 bits per heavy atom. The predicted molar refractivity (Wildman–Crippen MR) is 57.5 cm³/mol. The molecule has 0 aliphatic heterocycles. The van der Waals surface area contributed by atoms with Gasteiger partial charge in [-0.2, -0.15) is 0 Å². The van der Waals surface area contributed by atoms with Crippen LogP contribution in [-0.2, 0) is 14.8 Å². The van der Waals surface area contributed by atoms with Crippen LogP contribution in [0.15, 0.2) is 11.9 Å². The number of aldehydes is 1.